The Morgan fingerprint density at radius 2 is 1.00 bits per heavy atom. The standard InChI is InChI=1S/C30H22N2S/c31-27-24(20-13-6-2-7-14-20)28(32)26-23-18-10-17-22(19-11-4-1-5-12-19)29(23)33-30(26)25(27)21-15-8-3-9-16-21/h1-18H,31-32H2. The smallest absolute Gasteiger partial charge is 0.0509 e. The highest BCUT2D eigenvalue weighted by molar-refractivity contribution is 7.27. The zero-order valence-corrected chi connectivity index (χ0v) is 18.8. The van der Waals surface area contributed by atoms with Crippen LogP contribution in [0.1, 0.15) is 0 Å². The summed E-state index contributed by atoms with van der Waals surface area (Å²) in [6, 6.07) is 37.6. The molecule has 0 amide bonds. The van der Waals surface area contributed by atoms with Crippen LogP contribution in [0.5, 0.6) is 0 Å². The Kier molecular flexibility index (Phi) is 4.63. The third-order valence-electron chi connectivity index (χ3n) is 6.23. The number of hydrogen-bond donors (Lipinski definition) is 2. The fourth-order valence-corrected chi connectivity index (χ4v) is 6.16. The molecule has 0 saturated carbocycles. The van der Waals surface area contributed by atoms with E-state index in [0.29, 0.717) is 0 Å². The van der Waals surface area contributed by atoms with Crippen molar-refractivity contribution in [2.75, 3.05) is 11.5 Å². The van der Waals surface area contributed by atoms with Crippen LogP contribution in [0, 0.1) is 0 Å². The minimum absolute atomic E-state index is 0.727. The fraction of sp³-hybridized carbons (Fsp3) is 0. The number of fused-ring (bicyclic) bond motifs is 3. The molecule has 0 spiro atoms. The number of anilines is 2. The van der Waals surface area contributed by atoms with Crippen molar-refractivity contribution in [2.24, 2.45) is 0 Å². The molecule has 0 saturated heterocycles. The predicted molar refractivity (Wildman–Crippen MR) is 144 cm³/mol. The van der Waals surface area contributed by atoms with Crippen LogP contribution in [0.25, 0.3) is 53.6 Å². The molecule has 5 aromatic carbocycles. The molecule has 0 fully saturated rings. The maximum Gasteiger partial charge on any atom is 0.0509 e. The van der Waals surface area contributed by atoms with Crippen molar-refractivity contribution in [1.82, 2.24) is 0 Å². The molecule has 33 heavy (non-hydrogen) atoms. The van der Waals surface area contributed by atoms with Crippen molar-refractivity contribution in [2.45, 2.75) is 0 Å². The van der Waals surface area contributed by atoms with E-state index in [9.17, 15) is 0 Å². The molecule has 3 heteroatoms. The fourth-order valence-electron chi connectivity index (χ4n) is 4.73. The van der Waals surface area contributed by atoms with Gasteiger partial charge in [-0.05, 0) is 22.3 Å². The van der Waals surface area contributed by atoms with Gasteiger partial charge in [0, 0.05) is 31.3 Å². The van der Waals surface area contributed by atoms with Gasteiger partial charge in [0.15, 0.2) is 0 Å². The van der Waals surface area contributed by atoms with Crippen molar-refractivity contribution in [3.05, 3.63) is 109 Å². The molecule has 1 aromatic heterocycles. The molecule has 2 nitrogen and oxygen atoms in total. The highest BCUT2D eigenvalue weighted by Gasteiger charge is 2.23. The van der Waals surface area contributed by atoms with E-state index in [4.69, 9.17) is 11.5 Å². The number of thiophene rings is 1. The SMILES string of the molecule is Nc1c(-c2ccccc2)c(N)c2c(sc3c(-c4ccccc4)cccc32)c1-c1ccccc1. The Balaban J connectivity index is 1.80. The lowest BCUT2D eigenvalue weighted by molar-refractivity contribution is 1.62. The van der Waals surface area contributed by atoms with Gasteiger partial charge in [-0.3, -0.25) is 0 Å². The first-order valence-corrected chi connectivity index (χ1v) is 11.8. The van der Waals surface area contributed by atoms with Gasteiger partial charge in [-0.2, -0.15) is 0 Å². The Labute approximate surface area is 196 Å². The Morgan fingerprint density at radius 3 is 1.61 bits per heavy atom. The predicted octanol–water partition coefficient (Wildman–Crippen LogP) is 8.22. The summed E-state index contributed by atoms with van der Waals surface area (Å²) in [5.74, 6) is 0. The molecule has 0 bridgehead atoms. The topological polar surface area (TPSA) is 52.0 Å². The summed E-state index contributed by atoms with van der Waals surface area (Å²) < 4.78 is 2.36. The van der Waals surface area contributed by atoms with Crippen molar-refractivity contribution in [3.63, 3.8) is 0 Å². The van der Waals surface area contributed by atoms with Crippen molar-refractivity contribution in [3.8, 4) is 33.4 Å². The van der Waals surface area contributed by atoms with Crippen molar-refractivity contribution < 1.29 is 0 Å². The van der Waals surface area contributed by atoms with E-state index < -0.39 is 0 Å². The number of nitrogens with two attached hydrogens (primary N) is 2. The van der Waals surface area contributed by atoms with Gasteiger partial charge in [-0.25, -0.2) is 0 Å². The van der Waals surface area contributed by atoms with Gasteiger partial charge < -0.3 is 11.5 Å². The molecule has 6 rings (SSSR count). The van der Waals surface area contributed by atoms with E-state index in [-0.39, 0.29) is 0 Å². The quantitative estimate of drug-likeness (QED) is 0.271. The third kappa shape index (κ3) is 3.09. The van der Waals surface area contributed by atoms with Crippen LogP contribution in [-0.2, 0) is 0 Å². The second kappa shape index (κ2) is 7.80. The molecule has 0 atom stereocenters. The first kappa shape index (κ1) is 19.6. The van der Waals surface area contributed by atoms with Crippen molar-refractivity contribution >= 4 is 42.9 Å². The Morgan fingerprint density at radius 1 is 0.455 bits per heavy atom. The van der Waals surface area contributed by atoms with E-state index in [1.165, 1.54) is 21.2 Å². The van der Waals surface area contributed by atoms with Gasteiger partial charge in [0.25, 0.3) is 0 Å². The average molecular weight is 443 g/mol. The second-order valence-corrected chi connectivity index (χ2v) is 9.18. The summed E-state index contributed by atoms with van der Waals surface area (Å²) in [7, 11) is 0. The van der Waals surface area contributed by atoms with Gasteiger partial charge >= 0.3 is 0 Å². The lowest BCUT2D eigenvalue weighted by Crippen LogP contribution is -2.00. The monoisotopic (exact) mass is 442 g/mol. The third-order valence-corrected chi connectivity index (χ3v) is 7.49. The lowest BCUT2D eigenvalue weighted by Gasteiger charge is -2.17. The van der Waals surface area contributed by atoms with Crippen LogP contribution in [0.4, 0.5) is 11.4 Å². The van der Waals surface area contributed by atoms with Crippen LogP contribution in [-0.4, -0.2) is 0 Å². The van der Waals surface area contributed by atoms with E-state index in [1.54, 1.807) is 11.3 Å². The molecule has 1 heterocycles. The van der Waals surface area contributed by atoms with Crippen LogP contribution in [0.3, 0.4) is 0 Å². The van der Waals surface area contributed by atoms with Gasteiger partial charge in [-0.15, -0.1) is 11.3 Å². The first-order valence-electron chi connectivity index (χ1n) is 11.0. The number of rotatable bonds is 3. The summed E-state index contributed by atoms with van der Waals surface area (Å²) in [6.07, 6.45) is 0. The molecule has 6 aromatic rings. The van der Waals surface area contributed by atoms with E-state index in [1.807, 2.05) is 30.3 Å². The number of benzene rings is 5. The van der Waals surface area contributed by atoms with Gasteiger partial charge in [0.1, 0.15) is 0 Å². The molecule has 0 aliphatic rings. The summed E-state index contributed by atoms with van der Waals surface area (Å²) in [5, 5.41) is 2.25. The Bertz CT molecular complexity index is 1600. The maximum absolute atomic E-state index is 6.92. The van der Waals surface area contributed by atoms with Gasteiger partial charge in [0.2, 0.25) is 0 Å². The molecule has 158 valence electrons. The van der Waals surface area contributed by atoms with E-state index >= 15 is 0 Å². The maximum atomic E-state index is 6.92. The largest absolute Gasteiger partial charge is 0.398 e. The minimum Gasteiger partial charge on any atom is -0.398 e. The first-order chi connectivity index (χ1) is 16.2. The second-order valence-electron chi connectivity index (χ2n) is 8.16. The summed E-state index contributed by atoms with van der Waals surface area (Å²) >= 11 is 1.78. The summed E-state index contributed by atoms with van der Waals surface area (Å²) in [4.78, 5) is 0. The van der Waals surface area contributed by atoms with Crippen LogP contribution in [0.2, 0.25) is 0 Å². The molecule has 0 unspecified atom stereocenters. The molecule has 0 radical (unpaired) electrons. The summed E-state index contributed by atoms with van der Waals surface area (Å²) in [5.41, 5.74) is 21.8. The normalized spacial score (nSPS) is 11.3. The van der Waals surface area contributed by atoms with Crippen LogP contribution < -0.4 is 11.5 Å². The van der Waals surface area contributed by atoms with Gasteiger partial charge in [0.05, 0.1) is 11.4 Å². The summed E-state index contributed by atoms with van der Waals surface area (Å²) in [6.45, 7) is 0. The van der Waals surface area contributed by atoms with Crippen LogP contribution in [0.15, 0.2) is 109 Å². The molecule has 0 aliphatic carbocycles. The zero-order valence-electron chi connectivity index (χ0n) is 18.0. The Hall–Kier alpha value is -4.08. The van der Waals surface area contributed by atoms with Crippen molar-refractivity contribution in [1.29, 1.82) is 0 Å². The molecule has 0 aliphatic heterocycles. The average Bonchev–Trinajstić information content (AvgIpc) is 3.25. The van der Waals surface area contributed by atoms with E-state index in [0.717, 1.165) is 43.7 Å². The molecule has 4 N–H and O–H groups in total. The lowest BCUT2D eigenvalue weighted by atomic mass is 9.91. The number of nitrogen functional groups attached to an aromatic ring is 2. The van der Waals surface area contributed by atoms with Gasteiger partial charge in [-0.1, -0.05) is 109 Å². The highest BCUT2D eigenvalue weighted by Crippen LogP contribution is 2.52. The van der Waals surface area contributed by atoms with Crippen LogP contribution >= 0.6 is 11.3 Å². The van der Waals surface area contributed by atoms with E-state index in [2.05, 4.69) is 78.9 Å². The molecular formula is C30H22N2S. The zero-order chi connectivity index (χ0) is 22.4. The number of hydrogen-bond acceptors (Lipinski definition) is 3. The minimum atomic E-state index is 0.727. The highest BCUT2D eigenvalue weighted by atomic mass is 32.1. The molecular weight excluding hydrogens is 420 g/mol.